The molecule has 0 saturated carbocycles. The van der Waals surface area contributed by atoms with Gasteiger partial charge in [0, 0.05) is 31.4 Å². The first kappa shape index (κ1) is 21.6. The van der Waals surface area contributed by atoms with Gasteiger partial charge in [0.25, 0.3) is 0 Å². The molecule has 0 saturated heterocycles. The van der Waals surface area contributed by atoms with E-state index in [9.17, 15) is 13.2 Å². The van der Waals surface area contributed by atoms with E-state index in [4.69, 9.17) is 23.2 Å². The summed E-state index contributed by atoms with van der Waals surface area (Å²) in [5, 5.41) is 3.67. The fourth-order valence-electron chi connectivity index (χ4n) is 2.36. The molecule has 0 radical (unpaired) electrons. The Morgan fingerprint density at radius 2 is 1.93 bits per heavy atom. The van der Waals surface area contributed by atoms with Crippen LogP contribution >= 0.6 is 23.2 Å². The van der Waals surface area contributed by atoms with Crippen molar-refractivity contribution >= 4 is 39.1 Å². The van der Waals surface area contributed by atoms with E-state index >= 15 is 0 Å². The van der Waals surface area contributed by atoms with Crippen molar-refractivity contribution in [3.63, 3.8) is 0 Å². The van der Waals surface area contributed by atoms with Crippen LogP contribution in [0.1, 0.15) is 19.4 Å². The van der Waals surface area contributed by atoms with Crippen LogP contribution in [0.15, 0.2) is 47.6 Å². The molecule has 1 aromatic carbocycles. The molecule has 1 amide bonds. The number of carbonyl (C=O) groups is 1. The van der Waals surface area contributed by atoms with Gasteiger partial charge in [-0.25, -0.2) is 8.42 Å². The van der Waals surface area contributed by atoms with Crippen molar-refractivity contribution in [2.24, 2.45) is 0 Å². The number of sulfonamides is 1. The molecule has 0 fully saturated rings. The van der Waals surface area contributed by atoms with E-state index in [2.05, 4.69) is 10.3 Å². The minimum atomic E-state index is -3.77. The van der Waals surface area contributed by atoms with Gasteiger partial charge in [0.2, 0.25) is 15.9 Å². The monoisotopic (exact) mass is 429 g/mol. The van der Waals surface area contributed by atoms with Crippen LogP contribution in [0.3, 0.4) is 0 Å². The van der Waals surface area contributed by atoms with Crippen LogP contribution in [0.5, 0.6) is 0 Å². The molecule has 2 aromatic rings. The second-order valence-electron chi connectivity index (χ2n) is 6.74. The molecule has 0 bridgehead atoms. The number of nitrogens with zero attached hydrogens (tertiary/aromatic N) is 2. The topological polar surface area (TPSA) is 79.4 Å². The Morgan fingerprint density at radius 3 is 2.52 bits per heavy atom. The summed E-state index contributed by atoms with van der Waals surface area (Å²) in [6.45, 7) is 3.91. The lowest BCUT2D eigenvalue weighted by Gasteiger charge is -2.26. The standard InChI is InChI=1S/C18H21Cl2N3O3S/c1-18(2,13-6-7-15(19)16(20)9-13)12-22-17(24)11-23(3)27(25,26)14-5-4-8-21-10-14/h4-10H,11-12H2,1-3H3,(H,22,24). The summed E-state index contributed by atoms with van der Waals surface area (Å²) in [4.78, 5) is 16.1. The van der Waals surface area contributed by atoms with Crippen LogP contribution in [-0.4, -0.2) is 43.8 Å². The van der Waals surface area contributed by atoms with Crippen LogP contribution in [-0.2, 0) is 20.2 Å². The number of hydrogen-bond donors (Lipinski definition) is 1. The molecule has 0 aliphatic carbocycles. The predicted molar refractivity (Wildman–Crippen MR) is 107 cm³/mol. The van der Waals surface area contributed by atoms with Gasteiger partial charge in [-0.2, -0.15) is 4.31 Å². The zero-order valence-corrected chi connectivity index (χ0v) is 17.6. The number of amides is 1. The van der Waals surface area contributed by atoms with Gasteiger partial charge in [-0.3, -0.25) is 9.78 Å². The van der Waals surface area contributed by atoms with Gasteiger partial charge >= 0.3 is 0 Å². The van der Waals surface area contributed by atoms with Gasteiger partial charge < -0.3 is 5.32 Å². The Balaban J connectivity index is 2.00. The molecule has 1 N–H and O–H groups in total. The number of benzene rings is 1. The van der Waals surface area contributed by atoms with Gasteiger partial charge in [0.1, 0.15) is 4.90 Å². The SMILES string of the molecule is CN(CC(=O)NCC(C)(C)c1ccc(Cl)c(Cl)c1)S(=O)(=O)c1cccnc1. The summed E-state index contributed by atoms with van der Waals surface area (Å²) in [7, 11) is -2.42. The zero-order valence-electron chi connectivity index (χ0n) is 15.2. The molecular formula is C18H21Cl2N3O3S. The molecule has 146 valence electrons. The molecule has 9 heteroatoms. The Hall–Kier alpha value is -1.67. The largest absolute Gasteiger partial charge is 0.354 e. The van der Waals surface area contributed by atoms with E-state index in [1.54, 1.807) is 12.1 Å². The van der Waals surface area contributed by atoms with Crippen LogP contribution in [0.2, 0.25) is 10.0 Å². The highest BCUT2D eigenvalue weighted by Crippen LogP contribution is 2.29. The Kier molecular flexibility index (Phi) is 6.86. The number of hydrogen-bond acceptors (Lipinski definition) is 4. The summed E-state index contributed by atoms with van der Waals surface area (Å²) in [6.07, 6.45) is 2.73. The van der Waals surface area contributed by atoms with Crippen LogP contribution in [0.25, 0.3) is 0 Å². The lowest BCUT2D eigenvalue weighted by Crippen LogP contribution is -2.42. The smallest absolute Gasteiger partial charge is 0.244 e. The van der Waals surface area contributed by atoms with E-state index in [1.807, 2.05) is 19.9 Å². The van der Waals surface area contributed by atoms with E-state index in [1.165, 1.54) is 31.6 Å². The number of likely N-dealkylation sites (N-methyl/N-ethyl adjacent to an activating group) is 1. The number of aromatic nitrogens is 1. The fourth-order valence-corrected chi connectivity index (χ4v) is 3.75. The van der Waals surface area contributed by atoms with Crippen molar-refractivity contribution in [2.45, 2.75) is 24.2 Å². The average Bonchev–Trinajstić information content (AvgIpc) is 2.63. The highest BCUT2D eigenvalue weighted by molar-refractivity contribution is 7.89. The molecule has 1 aromatic heterocycles. The number of carbonyl (C=O) groups excluding carboxylic acids is 1. The van der Waals surface area contributed by atoms with Gasteiger partial charge in [-0.15, -0.1) is 0 Å². The van der Waals surface area contributed by atoms with Crippen molar-refractivity contribution in [3.8, 4) is 0 Å². The minimum Gasteiger partial charge on any atom is -0.354 e. The quantitative estimate of drug-likeness (QED) is 0.732. The molecule has 0 aliphatic rings. The first-order valence-electron chi connectivity index (χ1n) is 8.12. The molecule has 0 atom stereocenters. The van der Waals surface area contributed by atoms with Crippen LogP contribution in [0.4, 0.5) is 0 Å². The highest BCUT2D eigenvalue weighted by Gasteiger charge is 2.25. The van der Waals surface area contributed by atoms with E-state index in [0.29, 0.717) is 16.6 Å². The Bertz CT molecular complexity index is 919. The van der Waals surface area contributed by atoms with Crippen molar-refractivity contribution in [2.75, 3.05) is 20.1 Å². The van der Waals surface area contributed by atoms with E-state index in [-0.39, 0.29) is 11.4 Å². The molecule has 0 spiro atoms. The normalized spacial score (nSPS) is 12.2. The number of nitrogens with one attached hydrogen (secondary N) is 1. The van der Waals surface area contributed by atoms with Gasteiger partial charge in [0.05, 0.1) is 16.6 Å². The first-order chi connectivity index (χ1) is 12.5. The van der Waals surface area contributed by atoms with Gasteiger partial charge in [-0.05, 0) is 29.8 Å². The van der Waals surface area contributed by atoms with E-state index in [0.717, 1.165) is 9.87 Å². The lowest BCUT2D eigenvalue weighted by atomic mass is 9.84. The maximum Gasteiger partial charge on any atom is 0.244 e. The predicted octanol–water partition coefficient (Wildman–Crippen LogP) is 3.10. The van der Waals surface area contributed by atoms with Crippen LogP contribution < -0.4 is 5.32 Å². The maximum absolute atomic E-state index is 12.4. The van der Waals surface area contributed by atoms with Gasteiger partial charge in [0.15, 0.2) is 0 Å². The molecule has 27 heavy (non-hydrogen) atoms. The third-order valence-corrected chi connectivity index (χ3v) is 6.66. The number of halogens is 2. The van der Waals surface area contributed by atoms with Crippen molar-refractivity contribution in [1.29, 1.82) is 0 Å². The summed E-state index contributed by atoms with van der Waals surface area (Å²) >= 11 is 12.0. The third kappa shape index (κ3) is 5.42. The molecule has 2 rings (SSSR count). The lowest BCUT2D eigenvalue weighted by molar-refractivity contribution is -0.121. The van der Waals surface area contributed by atoms with Crippen LogP contribution in [0, 0.1) is 0 Å². The second-order valence-corrected chi connectivity index (χ2v) is 9.60. The minimum absolute atomic E-state index is 0.0384. The summed E-state index contributed by atoms with van der Waals surface area (Å²) in [5.41, 5.74) is 0.499. The maximum atomic E-state index is 12.4. The average molecular weight is 430 g/mol. The Labute approximate surface area is 169 Å². The first-order valence-corrected chi connectivity index (χ1v) is 10.3. The number of pyridine rings is 1. The third-order valence-electron chi connectivity index (χ3n) is 4.14. The summed E-state index contributed by atoms with van der Waals surface area (Å²) < 4.78 is 25.9. The van der Waals surface area contributed by atoms with Gasteiger partial charge in [-0.1, -0.05) is 43.1 Å². The second kappa shape index (κ2) is 8.56. The molecule has 0 aliphatic heterocycles. The molecular weight excluding hydrogens is 409 g/mol. The van der Waals surface area contributed by atoms with E-state index < -0.39 is 21.3 Å². The zero-order chi connectivity index (χ0) is 20.2. The fraction of sp³-hybridized carbons (Fsp3) is 0.333. The van der Waals surface area contributed by atoms with Crippen molar-refractivity contribution in [3.05, 3.63) is 58.3 Å². The molecule has 6 nitrogen and oxygen atoms in total. The van der Waals surface area contributed by atoms with Crippen molar-refractivity contribution in [1.82, 2.24) is 14.6 Å². The summed E-state index contributed by atoms with van der Waals surface area (Å²) in [5.74, 6) is -0.405. The van der Waals surface area contributed by atoms with Crippen molar-refractivity contribution < 1.29 is 13.2 Å². The highest BCUT2D eigenvalue weighted by atomic mass is 35.5. The Morgan fingerprint density at radius 1 is 1.22 bits per heavy atom. The number of rotatable bonds is 7. The summed E-state index contributed by atoms with van der Waals surface area (Å²) in [6, 6.07) is 8.27. The molecule has 0 unspecified atom stereocenters. The molecule has 1 heterocycles.